The van der Waals surface area contributed by atoms with Crippen LogP contribution in [-0.4, -0.2) is 39.4 Å². The van der Waals surface area contributed by atoms with Gasteiger partial charge in [0.15, 0.2) is 5.69 Å². The summed E-state index contributed by atoms with van der Waals surface area (Å²) in [5.41, 5.74) is 5.90. The number of nitrogen functional groups attached to an aromatic ring is 1. The highest BCUT2D eigenvalue weighted by molar-refractivity contribution is 5.97. The molecule has 9 nitrogen and oxygen atoms in total. The summed E-state index contributed by atoms with van der Waals surface area (Å²) in [7, 11) is 0. The Morgan fingerprint density at radius 2 is 1.81 bits per heavy atom. The standard InChI is InChI=1S/C23H31N5O4/c1-3-4-12-27-20(24)19(21(30)25-23(27)32)28(15-17-8-6-5-7-9-17)22(31)18-10-13-26(14-11-18)16(2)29/h5-9,18H,3-4,10-15,24H2,1-2H3,(H,25,30,32). The summed E-state index contributed by atoms with van der Waals surface area (Å²) in [6.07, 6.45) is 2.58. The second-order valence-electron chi connectivity index (χ2n) is 8.19. The van der Waals surface area contributed by atoms with Crippen molar-refractivity contribution in [3.63, 3.8) is 0 Å². The van der Waals surface area contributed by atoms with Gasteiger partial charge in [0.05, 0.1) is 6.54 Å². The van der Waals surface area contributed by atoms with Crippen molar-refractivity contribution in [3.8, 4) is 0 Å². The Bertz CT molecular complexity index is 1070. The molecule has 0 saturated carbocycles. The molecule has 172 valence electrons. The summed E-state index contributed by atoms with van der Waals surface area (Å²) < 4.78 is 1.32. The number of likely N-dealkylation sites (tertiary alicyclic amines) is 1. The summed E-state index contributed by atoms with van der Waals surface area (Å²) in [4.78, 5) is 55.9. The van der Waals surface area contributed by atoms with Gasteiger partial charge in [-0.3, -0.25) is 28.8 Å². The fourth-order valence-corrected chi connectivity index (χ4v) is 4.07. The highest BCUT2D eigenvalue weighted by Crippen LogP contribution is 2.26. The number of anilines is 2. The number of hydrogen-bond acceptors (Lipinski definition) is 5. The number of rotatable bonds is 7. The van der Waals surface area contributed by atoms with Crippen LogP contribution in [-0.2, 0) is 22.7 Å². The van der Waals surface area contributed by atoms with Gasteiger partial charge in [-0.1, -0.05) is 43.7 Å². The predicted molar refractivity (Wildman–Crippen MR) is 123 cm³/mol. The molecule has 1 aromatic carbocycles. The Labute approximate surface area is 186 Å². The van der Waals surface area contributed by atoms with Gasteiger partial charge in [0.1, 0.15) is 5.82 Å². The average Bonchev–Trinajstić information content (AvgIpc) is 2.78. The molecule has 2 aromatic rings. The van der Waals surface area contributed by atoms with Gasteiger partial charge in [-0.25, -0.2) is 4.79 Å². The molecular weight excluding hydrogens is 410 g/mol. The van der Waals surface area contributed by atoms with Gasteiger partial charge in [-0.15, -0.1) is 0 Å². The number of nitrogens with two attached hydrogens (primary N) is 1. The molecule has 0 unspecified atom stereocenters. The molecule has 1 aliphatic rings. The fraction of sp³-hybridized carbons (Fsp3) is 0.478. The van der Waals surface area contributed by atoms with Gasteiger partial charge in [-0.05, 0) is 24.8 Å². The lowest BCUT2D eigenvalue weighted by Gasteiger charge is -2.34. The van der Waals surface area contributed by atoms with Crippen LogP contribution in [0.3, 0.4) is 0 Å². The molecule has 1 fully saturated rings. The lowest BCUT2D eigenvalue weighted by Crippen LogP contribution is -2.46. The number of carbonyl (C=O) groups excluding carboxylic acids is 2. The molecule has 1 aliphatic heterocycles. The number of nitrogens with one attached hydrogen (secondary N) is 1. The maximum atomic E-state index is 13.6. The smallest absolute Gasteiger partial charge is 0.330 e. The summed E-state index contributed by atoms with van der Waals surface area (Å²) in [5.74, 6) is -0.586. The number of amides is 2. The largest absolute Gasteiger partial charge is 0.383 e. The van der Waals surface area contributed by atoms with Gasteiger partial charge in [-0.2, -0.15) is 0 Å². The summed E-state index contributed by atoms with van der Waals surface area (Å²) >= 11 is 0. The SMILES string of the molecule is CCCCn1c(N)c(N(Cc2ccccc2)C(=O)C2CCN(C(C)=O)CC2)c(=O)[nH]c1=O. The zero-order chi connectivity index (χ0) is 23.3. The second kappa shape index (κ2) is 10.3. The number of H-pyrrole nitrogens is 1. The number of unbranched alkanes of at least 4 members (excludes halogenated alkanes) is 1. The highest BCUT2D eigenvalue weighted by Gasteiger charge is 2.32. The Hall–Kier alpha value is -3.36. The zero-order valence-corrected chi connectivity index (χ0v) is 18.7. The molecule has 1 saturated heterocycles. The number of benzene rings is 1. The molecule has 0 radical (unpaired) electrons. The Balaban J connectivity index is 2.00. The van der Waals surface area contributed by atoms with E-state index in [-0.39, 0.29) is 35.8 Å². The number of carbonyl (C=O) groups is 2. The Morgan fingerprint density at radius 1 is 1.16 bits per heavy atom. The molecule has 0 atom stereocenters. The van der Waals surface area contributed by atoms with Crippen LogP contribution < -0.4 is 21.9 Å². The first kappa shape index (κ1) is 23.3. The van der Waals surface area contributed by atoms with Crippen LogP contribution in [0.4, 0.5) is 11.5 Å². The minimum absolute atomic E-state index is 0.00217. The van der Waals surface area contributed by atoms with Crippen LogP contribution in [0.25, 0.3) is 0 Å². The van der Waals surface area contributed by atoms with Crippen LogP contribution in [0.15, 0.2) is 39.9 Å². The molecule has 3 rings (SSSR count). The van der Waals surface area contributed by atoms with E-state index in [1.54, 1.807) is 4.90 Å². The molecule has 0 spiro atoms. The first-order valence-electron chi connectivity index (χ1n) is 11.1. The normalized spacial score (nSPS) is 14.4. The monoisotopic (exact) mass is 441 g/mol. The lowest BCUT2D eigenvalue weighted by atomic mass is 9.94. The van der Waals surface area contributed by atoms with E-state index in [4.69, 9.17) is 5.73 Å². The van der Waals surface area contributed by atoms with Crippen molar-refractivity contribution in [3.05, 3.63) is 56.7 Å². The molecule has 2 heterocycles. The number of aromatic nitrogens is 2. The maximum Gasteiger partial charge on any atom is 0.330 e. The van der Waals surface area contributed by atoms with Gasteiger partial charge < -0.3 is 10.6 Å². The maximum absolute atomic E-state index is 13.6. The first-order valence-corrected chi connectivity index (χ1v) is 11.1. The fourth-order valence-electron chi connectivity index (χ4n) is 4.07. The molecule has 0 aliphatic carbocycles. The Morgan fingerprint density at radius 3 is 2.41 bits per heavy atom. The molecule has 9 heteroatoms. The summed E-state index contributed by atoms with van der Waals surface area (Å²) in [6, 6.07) is 9.34. The van der Waals surface area contributed by atoms with E-state index in [2.05, 4.69) is 4.98 Å². The number of hydrogen-bond donors (Lipinski definition) is 2. The quantitative estimate of drug-likeness (QED) is 0.677. The molecule has 1 aromatic heterocycles. The number of piperidine rings is 1. The van der Waals surface area contributed by atoms with Crippen LogP contribution in [0, 0.1) is 5.92 Å². The molecule has 32 heavy (non-hydrogen) atoms. The lowest BCUT2D eigenvalue weighted by molar-refractivity contribution is -0.133. The van der Waals surface area contributed by atoms with Gasteiger partial charge in [0.2, 0.25) is 11.8 Å². The van der Waals surface area contributed by atoms with Crippen LogP contribution >= 0.6 is 0 Å². The summed E-state index contributed by atoms with van der Waals surface area (Å²) in [5, 5.41) is 0. The minimum Gasteiger partial charge on any atom is -0.383 e. The predicted octanol–water partition coefficient (Wildman–Crippen LogP) is 1.71. The molecule has 0 bridgehead atoms. The van der Waals surface area contributed by atoms with Crippen LogP contribution in [0.2, 0.25) is 0 Å². The topological polar surface area (TPSA) is 121 Å². The highest BCUT2D eigenvalue weighted by atomic mass is 16.2. The van der Waals surface area contributed by atoms with Crippen molar-refractivity contribution in [1.29, 1.82) is 0 Å². The van der Waals surface area contributed by atoms with E-state index in [0.29, 0.717) is 38.9 Å². The third kappa shape index (κ3) is 5.09. The van der Waals surface area contributed by atoms with E-state index in [1.165, 1.54) is 16.4 Å². The molecule has 2 amide bonds. The number of aromatic amines is 1. The third-order valence-corrected chi connectivity index (χ3v) is 5.96. The zero-order valence-electron chi connectivity index (χ0n) is 18.7. The third-order valence-electron chi connectivity index (χ3n) is 5.96. The van der Waals surface area contributed by atoms with E-state index >= 15 is 0 Å². The van der Waals surface area contributed by atoms with Gasteiger partial charge >= 0.3 is 5.69 Å². The number of nitrogens with zero attached hydrogens (tertiary/aromatic N) is 3. The molecular formula is C23H31N5O4. The van der Waals surface area contributed by atoms with E-state index < -0.39 is 11.2 Å². The Kier molecular flexibility index (Phi) is 7.50. The van der Waals surface area contributed by atoms with Crippen molar-refractivity contribution in [2.24, 2.45) is 5.92 Å². The van der Waals surface area contributed by atoms with E-state index in [1.807, 2.05) is 37.3 Å². The van der Waals surface area contributed by atoms with Crippen molar-refractivity contribution in [2.45, 2.75) is 52.6 Å². The van der Waals surface area contributed by atoms with Crippen molar-refractivity contribution >= 4 is 23.3 Å². The molecule has 3 N–H and O–H groups in total. The van der Waals surface area contributed by atoms with Crippen molar-refractivity contribution in [2.75, 3.05) is 23.7 Å². The van der Waals surface area contributed by atoms with Gasteiger partial charge in [0.25, 0.3) is 5.56 Å². The minimum atomic E-state index is -0.675. The summed E-state index contributed by atoms with van der Waals surface area (Å²) in [6.45, 7) is 5.01. The van der Waals surface area contributed by atoms with Crippen molar-refractivity contribution < 1.29 is 9.59 Å². The van der Waals surface area contributed by atoms with Crippen LogP contribution in [0.5, 0.6) is 0 Å². The second-order valence-corrected chi connectivity index (χ2v) is 8.19. The van der Waals surface area contributed by atoms with Crippen LogP contribution in [0.1, 0.15) is 45.1 Å². The van der Waals surface area contributed by atoms with E-state index in [9.17, 15) is 19.2 Å². The first-order chi connectivity index (χ1) is 15.3. The average molecular weight is 442 g/mol. The van der Waals surface area contributed by atoms with E-state index in [0.717, 1.165) is 12.0 Å². The van der Waals surface area contributed by atoms with Gasteiger partial charge in [0, 0.05) is 32.5 Å². The van der Waals surface area contributed by atoms with Crippen molar-refractivity contribution in [1.82, 2.24) is 14.5 Å².